The molecule has 2 fully saturated rings. The van der Waals surface area contributed by atoms with Crippen LogP contribution in [0.5, 0.6) is 5.75 Å². The van der Waals surface area contributed by atoms with Gasteiger partial charge in [-0.05, 0) is 55.2 Å². The van der Waals surface area contributed by atoms with Gasteiger partial charge in [-0.1, -0.05) is 13.3 Å². The van der Waals surface area contributed by atoms with Crippen molar-refractivity contribution in [2.24, 2.45) is 11.8 Å². The van der Waals surface area contributed by atoms with Gasteiger partial charge in [-0.25, -0.2) is 0 Å². The molecule has 0 spiro atoms. The second-order valence-electron chi connectivity index (χ2n) is 6.47. The highest BCUT2D eigenvalue weighted by molar-refractivity contribution is 5.31. The van der Waals surface area contributed by atoms with Gasteiger partial charge in [-0.2, -0.15) is 0 Å². The summed E-state index contributed by atoms with van der Waals surface area (Å²) >= 11 is 0. The Morgan fingerprint density at radius 1 is 1.38 bits per heavy atom. The van der Waals surface area contributed by atoms with Crippen molar-refractivity contribution >= 4 is 0 Å². The zero-order valence-electron chi connectivity index (χ0n) is 12.8. The number of hydrogen-bond donors (Lipinski definition) is 2. The lowest BCUT2D eigenvalue weighted by Gasteiger charge is -2.27. The highest BCUT2D eigenvalue weighted by atomic mass is 16.5. The van der Waals surface area contributed by atoms with Gasteiger partial charge in [0.15, 0.2) is 0 Å². The van der Waals surface area contributed by atoms with E-state index in [1.165, 1.54) is 18.4 Å². The van der Waals surface area contributed by atoms with E-state index >= 15 is 0 Å². The summed E-state index contributed by atoms with van der Waals surface area (Å²) in [5, 5.41) is 12.2. The SMILES string of the molecule is CC1C(CCCCO)C1c1cncc(OCC2CCN2)c1. The monoisotopic (exact) mass is 290 g/mol. The molecule has 4 atom stereocenters. The first kappa shape index (κ1) is 14.8. The summed E-state index contributed by atoms with van der Waals surface area (Å²) in [6.07, 6.45) is 8.27. The molecule has 2 heterocycles. The topological polar surface area (TPSA) is 54.4 Å². The predicted molar refractivity (Wildman–Crippen MR) is 82.5 cm³/mol. The Kier molecular flexibility index (Phi) is 4.76. The number of hydrogen-bond acceptors (Lipinski definition) is 4. The smallest absolute Gasteiger partial charge is 0.137 e. The third-order valence-corrected chi connectivity index (χ3v) is 5.00. The molecule has 0 bridgehead atoms. The fourth-order valence-corrected chi connectivity index (χ4v) is 3.41. The molecular formula is C17H26N2O2. The molecule has 1 aliphatic heterocycles. The third kappa shape index (κ3) is 3.55. The van der Waals surface area contributed by atoms with Gasteiger partial charge in [0.05, 0.1) is 6.20 Å². The van der Waals surface area contributed by atoms with Crippen LogP contribution in [0.4, 0.5) is 0 Å². The fraction of sp³-hybridized carbons (Fsp3) is 0.706. The number of nitrogens with one attached hydrogen (secondary N) is 1. The van der Waals surface area contributed by atoms with Crippen LogP contribution in [0.3, 0.4) is 0 Å². The van der Waals surface area contributed by atoms with Gasteiger partial charge in [0, 0.05) is 18.8 Å². The van der Waals surface area contributed by atoms with Gasteiger partial charge in [-0.15, -0.1) is 0 Å². The van der Waals surface area contributed by atoms with E-state index in [-0.39, 0.29) is 0 Å². The van der Waals surface area contributed by atoms with E-state index in [1.807, 2.05) is 12.4 Å². The summed E-state index contributed by atoms with van der Waals surface area (Å²) in [5.41, 5.74) is 1.32. The van der Waals surface area contributed by atoms with E-state index in [1.54, 1.807) is 0 Å². The molecule has 4 nitrogen and oxygen atoms in total. The Morgan fingerprint density at radius 2 is 2.24 bits per heavy atom. The molecule has 1 aromatic rings. The van der Waals surface area contributed by atoms with Crippen molar-refractivity contribution < 1.29 is 9.84 Å². The third-order valence-electron chi connectivity index (χ3n) is 5.00. The highest BCUT2D eigenvalue weighted by Crippen LogP contribution is 2.56. The van der Waals surface area contributed by atoms with Crippen molar-refractivity contribution in [1.82, 2.24) is 10.3 Å². The molecule has 1 aliphatic carbocycles. The largest absolute Gasteiger partial charge is 0.490 e. The fourth-order valence-electron chi connectivity index (χ4n) is 3.41. The first-order valence-electron chi connectivity index (χ1n) is 8.21. The second kappa shape index (κ2) is 6.75. The lowest BCUT2D eigenvalue weighted by molar-refractivity contribution is 0.216. The number of aliphatic hydroxyl groups is 1. The van der Waals surface area contributed by atoms with Gasteiger partial charge >= 0.3 is 0 Å². The Hall–Kier alpha value is -1.13. The Bertz CT molecular complexity index is 462. The molecule has 0 radical (unpaired) electrons. The van der Waals surface area contributed by atoms with Crippen LogP contribution >= 0.6 is 0 Å². The van der Waals surface area contributed by atoms with Crippen LogP contribution in [0, 0.1) is 11.8 Å². The molecular weight excluding hydrogens is 264 g/mol. The van der Waals surface area contributed by atoms with Crippen LogP contribution in [0.15, 0.2) is 18.5 Å². The molecule has 1 aromatic heterocycles. The first-order chi connectivity index (χ1) is 10.3. The molecule has 3 rings (SSSR count). The van der Waals surface area contributed by atoms with Crippen molar-refractivity contribution in [2.75, 3.05) is 19.8 Å². The van der Waals surface area contributed by atoms with Gasteiger partial charge in [0.1, 0.15) is 12.4 Å². The molecule has 1 saturated heterocycles. The number of unbranched alkanes of at least 4 members (excludes halogenated alkanes) is 1. The Labute approximate surface area is 126 Å². The van der Waals surface area contributed by atoms with Crippen LogP contribution in [-0.2, 0) is 0 Å². The lowest BCUT2D eigenvalue weighted by Crippen LogP contribution is -2.46. The van der Waals surface area contributed by atoms with Gasteiger partial charge in [-0.3, -0.25) is 4.98 Å². The van der Waals surface area contributed by atoms with Crippen molar-refractivity contribution in [2.45, 2.75) is 44.6 Å². The Balaban J connectivity index is 1.53. The van der Waals surface area contributed by atoms with E-state index in [4.69, 9.17) is 9.84 Å². The number of aliphatic hydroxyl groups excluding tert-OH is 1. The first-order valence-corrected chi connectivity index (χ1v) is 8.21. The zero-order valence-corrected chi connectivity index (χ0v) is 12.8. The molecule has 1 saturated carbocycles. The molecule has 2 aliphatic rings. The Morgan fingerprint density at radius 3 is 2.95 bits per heavy atom. The van der Waals surface area contributed by atoms with Gasteiger partial charge in [0.2, 0.25) is 0 Å². The van der Waals surface area contributed by atoms with E-state index in [2.05, 4.69) is 23.3 Å². The zero-order chi connectivity index (χ0) is 14.7. The summed E-state index contributed by atoms with van der Waals surface area (Å²) in [4.78, 5) is 4.35. The minimum absolute atomic E-state index is 0.311. The van der Waals surface area contributed by atoms with Crippen LogP contribution in [0.1, 0.15) is 44.1 Å². The second-order valence-corrected chi connectivity index (χ2v) is 6.47. The minimum atomic E-state index is 0.311. The summed E-state index contributed by atoms with van der Waals surface area (Å²) in [5.74, 6) is 3.01. The van der Waals surface area contributed by atoms with Crippen molar-refractivity contribution in [3.63, 3.8) is 0 Å². The molecule has 4 unspecified atom stereocenters. The van der Waals surface area contributed by atoms with Crippen LogP contribution < -0.4 is 10.1 Å². The van der Waals surface area contributed by atoms with Gasteiger partial charge in [0.25, 0.3) is 0 Å². The molecule has 4 heteroatoms. The van der Waals surface area contributed by atoms with E-state index < -0.39 is 0 Å². The molecule has 0 amide bonds. The molecule has 2 N–H and O–H groups in total. The molecule has 0 aromatic carbocycles. The number of pyridine rings is 1. The number of ether oxygens (including phenoxy) is 1. The van der Waals surface area contributed by atoms with Crippen molar-refractivity contribution in [1.29, 1.82) is 0 Å². The maximum Gasteiger partial charge on any atom is 0.137 e. The maximum absolute atomic E-state index is 8.88. The van der Waals surface area contributed by atoms with Crippen LogP contribution in [-0.4, -0.2) is 35.9 Å². The summed E-state index contributed by atoms with van der Waals surface area (Å²) in [7, 11) is 0. The lowest BCUT2D eigenvalue weighted by atomic mass is 10.1. The number of nitrogens with zero attached hydrogens (tertiary/aromatic N) is 1. The molecule has 21 heavy (non-hydrogen) atoms. The van der Waals surface area contributed by atoms with Crippen LogP contribution in [0.2, 0.25) is 0 Å². The van der Waals surface area contributed by atoms with E-state index in [0.29, 0.717) is 18.6 Å². The highest BCUT2D eigenvalue weighted by Gasteiger charge is 2.46. The maximum atomic E-state index is 8.88. The predicted octanol–water partition coefficient (Wildman–Crippen LogP) is 2.33. The summed E-state index contributed by atoms with van der Waals surface area (Å²) in [6, 6.07) is 2.68. The normalized spacial score (nSPS) is 30.8. The quantitative estimate of drug-likeness (QED) is 0.722. The van der Waals surface area contributed by atoms with E-state index in [0.717, 1.165) is 43.6 Å². The minimum Gasteiger partial charge on any atom is -0.490 e. The van der Waals surface area contributed by atoms with Crippen molar-refractivity contribution in [3.05, 3.63) is 24.0 Å². The number of rotatable bonds is 8. The average Bonchev–Trinajstić information content (AvgIpc) is 3.08. The van der Waals surface area contributed by atoms with Crippen LogP contribution in [0.25, 0.3) is 0 Å². The number of aromatic nitrogens is 1. The average molecular weight is 290 g/mol. The van der Waals surface area contributed by atoms with Gasteiger partial charge < -0.3 is 15.2 Å². The molecule has 116 valence electrons. The van der Waals surface area contributed by atoms with E-state index in [9.17, 15) is 0 Å². The summed E-state index contributed by atoms with van der Waals surface area (Å²) in [6.45, 7) is 4.48. The summed E-state index contributed by atoms with van der Waals surface area (Å²) < 4.78 is 5.84. The standard InChI is InChI=1S/C17H26N2O2/c1-12-16(4-2-3-7-20)17(12)13-8-15(10-18-9-13)21-11-14-5-6-19-14/h8-10,12,14,16-17,19-20H,2-7,11H2,1H3. The van der Waals surface area contributed by atoms with Crippen molar-refractivity contribution in [3.8, 4) is 5.75 Å².